The molecule has 1 fully saturated rings. The molecule has 1 saturated heterocycles. The first-order chi connectivity index (χ1) is 37.5. The number of allylic oxidation sites excluding steroid dienone is 18. The third-order valence-corrected chi connectivity index (χ3v) is 13.5. The van der Waals surface area contributed by atoms with Crippen LogP contribution in [0.2, 0.25) is 0 Å². The zero-order valence-corrected chi connectivity index (χ0v) is 46.7. The third-order valence-electron chi connectivity index (χ3n) is 10.9. The fourth-order valence-corrected chi connectivity index (χ4v) is 8.90. The van der Waals surface area contributed by atoms with Gasteiger partial charge in [-0.2, -0.15) is 9.29 Å². The summed E-state index contributed by atoms with van der Waals surface area (Å²) in [6.45, 7) is 1.68. The number of phosphoric acid groups is 2. The smallest absolute Gasteiger partial charge is 0.462 e. The molecule has 0 saturated carbocycles. The Morgan fingerprint density at radius 1 is 0.692 bits per heavy atom. The normalized spacial score (nSPS) is 20.4. The van der Waals surface area contributed by atoms with Gasteiger partial charge in [0, 0.05) is 19.0 Å². The lowest BCUT2D eigenvalue weighted by molar-refractivity contribution is -0.161. The van der Waals surface area contributed by atoms with Crippen LogP contribution in [0, 0.1) is 0 Å². The number of aromatic nitrogens is 2. The van der Waals surface area contributed by atoms with Crippen molar-refractivity contribution in [1.82, 2.24) is 9.55 Å². The molecule has 22 heteroatoms. The minimum absolute atomic E-state index is 0.0433. The van der Waals surface area contributed by atoms with Crippen molar-refractivity contribution in [2.45, 2.75) is 159 Å². The molecule has 0 radical (unpaired) electrons. The highest BCUT2D eigenvalue weighted by molar-refractivity contribution is 7.61. The molecule has 20 nitrogen and oxygen atoms in total. The number of phosphoric ester groups is 2. The number of unbranched alkanes of at least 4 members (excludes halogenated alkanes) is 3. The molecule has 2 unspecified atom stereocenters. The molecule has 9 atom stereocenters. The zero-order valence-electron chi connectivity index (χ0n) is 44.9. The van der Waals surface area contributed by atoms with Crippen LogP contribution >= 0.6 is 15.6 Å². The fourth-order valence-electron chi connectivity index (χ4n) is 6.79. The lowest BCUT2D eigenvalue weighted by Gasteiger charge is -2.21. The monoisotopic (exact) mass is 1130 g/mol. The molecule has 2 heterocycles. The van der Waals surface area contributed by atoms with Gasteiger partial charge in [0.05, 0.1) is 25.4 Å². The summed E-state index contributed by atoms with van der Waals surface area (Å²) in [5.74, 6) is -1.59. The van der Waals surface area contributed by atoms with E-state index >= 15 is 0 Å². The van der Waals surface area contributed by atoms with Gasteiger partial charge in [-0.1, -0.05) is 160 Å². The predicted octanol–water partition coefficient (Wildman–Crippen LogP) is 9.27. The first kappa shape index (κ1) is 68.9. The van der Waals surface area contributed by atoms with Crippen molar-refractivity contribution in [2.24, 2.45) is 0 Å². The van der Waals surface area contributed by atoms with E-state index in [1.54, 1.807) is 54.7 Å². The Kier molecular flexibility index (Phi) is 36.9. The zero-order chi connectivity index (χ0) is 57.3. The molecule has 1 aromatic heterocycles. The van der Waals surface area contributed by atoms with Crippen molar-refractivity contribution in [3.63, 3.8) is 0 Å². The maximum atomic E-state index is 12.9. The second-order valence-electron chi connectivity index (χ2n) is 17.7. The molecule has 434 valence electrons. The Morgan fingerprint density at radius 3 is 1.76 bits per heavy atom. The van der Waals surface area contributed by atoms with Crippen molar-refractivity contribution < 1.29 is 76.5 Å². The Balaban J connectivity index is 1.89. The first-order valence-electron chi connectivity index (χ1n) is 26.4. The number of nitrogen functional groups attached to an aromatic ring is 1. The molecule has 78 heavy (non-hydrogen) atoms. The Bertz CT molecular complexity index is 2370. The van der Waals surface area contributed by atoms with E-state index in [9.17, 15) is 53.7 Å². The minimum atomic E-state index is -5.49. The van der Waals surface area contributed by atoms with Gasteiger partial charge in [0.15, 0.2) is 12.3 Å². The van der Waals surface area contributed by atoms with E-state index in [1.807, 2.05) is 49.5 Å². The van der Waals surface area contributed by atoms with Crippen molar-refractivity contribution in [2.75, 3.05) is 25.6 Å². The van der Waals surface area contributed by atoms with Gasteiger partial charge in [-0.15, -0.1) is 0 Å². The number of hydrogen-bond acceptors (Lipinski definition) is 17. The summed E-state index contributed by atoms with van der Waals surface area (Å²) in [5, 5.41) is 41.0. The quantitative estimate of drug-likeness (QED) is 0.0106. The number of carbonyl (C=O) groups excluding carboxylic acids is 2. The van der Waals surface area contributed by atoms with Crippen LogP contribution in [-0.2, 0) is 46.3 Å². The Hall–Kier alpha value is -5.18. The molecule has 2 rings (SSSR count). The first-order valence-corrected chi connectivity index (χ1v) is 29.4. The van der Waals surface area contributed by atoms with Crippen molar-refractivity contribution in [1.29, 1.82) is 0 Å². The maximum Gasteiger partial charge on any atom is 0.481 e. The number of aliphatic hydroxyl groups excluding tert-OH is 4. The van der Waals surface area contributed by atoms with Crippen LogP contribution in [0.5, 0.6) is 0 Å². The highest BCUT2D eigenvalue weighted by Gasteiger charge is 2.46. The molecule has 0 aliphatic carbocycles. The number of carbonyl (C=O) groups is 2. The summed E-state index contributed by atoms with van der Waals surface area (Å²) in [4.78, 5) is 61.9. The number of anilines is 1. The molecule has 1 aliphatic rings. The van der Waals surface area contributed by atoms with Crippen molar-refractivity contribution in [3.05, 3.63) is 156 Å². The van der Waals surface area contributed by atoms with Crippen LogP contribution in [0.1, 0.15) is 123 Å². The number of rotatable bonds is 41. The number of ether oxygens (including phenoxy) is 3. The summed E-state index contributed by atoms with van der Waals surface area (Å²) in [6, 6.07) is 1.23. The van der Waals surface area contributed by atoms with Gasteiger partial charge in [0.2, 0.25) is 0 Å². The summed E-state index contributed by atoms with van der Waals surface area (Å²) in [6.07, 6.45) is 44.7. The number of esters is 2. The van der Waals surface area contributed by atoms with Gasteiger partial charge in [0.1, 0.15) is 30.7 Å². The van der Waals surface area contributed by atoms with Crippen LogP contribution < -0.4 is 11.4 Å². The van der Waals surface area contributed by atoms with E-state index in [4.69, 9.17) is 29.0 Å². The third kappa shape index (κ3) is 34.0. The summed E-state index contributed by atoms with van der Waals surface area (Å²) in [5.41, 5.74) is 4.56. The molecular formula is C56H83N3O17P2. The van der Waals surface area contributed by atoms with E-state index in [0.29, 0.717) is 32.1 Å². The SMILES string of the molecule is CC/C=C\C[C@H](O)/C=C/C=C\C=C\[C@H](O)C/C=C\C/C=C\CCC(=O)O[C@H](COC(=O)CC/C=C\C/C=C\C/C=C\C/C=C\C/C=C\CCCCC)COP(=O)(O)OP(=O)(O)OC[C@H]1O[C@@H](n2ccc(N)nc2=O)[C@H](O)[C@@H]1O. The van der Waals surface area contributed by atoms with Crippen molar-refractivity contribution >= 4 is 33.4 Å². The number of aliphatic hydroxyl groups is 4. The van der Waals surface area contributed by atoms with E-state index in [1.165, 1.54) is 25.3 Å². The van der Waals surface area contributed by atoms with Crippen molar-refractivity contribution in [3.8, 4) is 0 Å². The van der Waals surface area contributed by atoms with Crippen LogP contribution in [0.25, 0.3) is 0 Å². The summed E-state index contributed by atoms with van der Waals surface area (Å²) in [7, 11) is -11.0. The lowest BCUT2D eigenvalue weighted by Crippen LogP contribution is -2.36. The highest BCUT2D eigenvalue weighted by atomic mass is 31.3. The number of nitrogens with zero attached hydrogens (tertiary/aromatic N) is 2. The maximum absolute atomic E-state index is 12.9. The highest BCUT2D eigenvalue weighted by Crippen LogP contribution is 2.60. The van der Waals surface area contributed by atoms with Crippen LogP contribution in [0.15, 0.2) is 151 Å². The van der Waals surface area contributed by atoms with E-state index < -0.39 is 95.9 Å². The molecule has 1 aliphatic heterocycles. The van der Waals surface area contributed by atoms with Gasteiger partial charge >= 0.3 is 33.3 Å². The average molecular weight is 1130 g/mol. The molecule has 0 bridgehead atoms. The second-order valence-corrected chi connectivity index (χ2v) is 20.7. The molecule has 0 spiro atoms. The van der Waals surface area contributed by atoms with Gasteiger partial charge in [0.25, 0.3) is 0 Å². The largest absolute Gasteiger partial charge is 0.481 e. The average Bonchev–Trinajstić information content (AvgIpc) is 3.71. The topological polar surface area (TPSA) is 306 Å². The number of nitrogens with two attached hydrogens (primary N) is 1. The molecular weight excluding hydrogens is 1050 g/mol. The van der Waals surface area contributed by atoms with E-state index in [0.717, 1.165) is 42.9 Å². The molecule has 8 N–H and O–H groups in total. The van der Waals surface area contributed by atoms with Crippen LogP contribution in [0.4, 0.5) is 5.82 Å². The summed E-state index contributed by atoms with van der Waals surface area (Å²) < 4.78 is 56.6. The Morgan fingerprint density at radius 2 is 1.21 bits per heavy atom. The van der Waals surface area contributed by atoms with Gasteiger partial charge < -0.3 is 50.2 Å². The van der Waals surface area contributed by atoms with Crippen LogP contribution in [-0.4, -0.2) is 108 Å². The molecule has 0 amide bonds. The van der Waals surface area contributed by atoms with E-state index in [2.05, 4.69) is 52.7 Å². The summed E-state index contributed by atoms with van der Waals surface area (Å²) >= 11 is 0. The Labute approximate surface area is 459 Å². The minimum Gasteiger partial charge on any atom is -0.462 e. The van der Waals surface area contributed by atoms with Gasteiger partial charge in [-0.25, -0.2) is 13.9 Å². The standard InChI is InChI=1S/C56H83N3O17P2/c1-3-5-7-8-9-10-11-12-13-14-15-16-17-18-19-20-21-25-33-39-51(62)71-43-48(74-52(63)40-34-26-23-22-24-30-36-47(61)38-32-28-27-31-37-46(60)35-29-6-4-2)44-72-77(67,68)76-78(69,70)73-45-49-53(64)54(65)55(75-49)59-42-41-50(57)58-56(59)66/h6,9-10,12-13,15-16,18-19,21,23-32,37-38,41-42,46-49,53-55,60-61,64-65H,3-5,7-8,11,14,17,20,22,33-36,39-40,43-45H2,1-2H3,(H,67,68)(H,69,70)(H2,57,58,66)/b10-9-,13-12-,16-15-,19-18-,25-21-,26-23-,28-27-,29-6-,30-24-,37-31+,38-32+/t46-,47+,48+,49+,53+,54+,55+/m0/s1. The van der Waals surface area contributed by atoms with Gasteiger partial charge in [-0.05, 0) is 83.1 Å². The van der Waals surface area contributed by atoms with Crippen LogP contribution in [0.3, 0.4) is 0 Å². The lowest BCUT2D eigenvalue weighted by atomic mass is 10.1. The molecule has 1 aromatic rings. The van der Waals surface area contributed by atoms with Gasteiger partial charge in [-0.3, -0.25) is 23.2 Å². The number of hydrogen-bond donors (Lipinski definition) is 7. The van der Waals surface area contributed by atoms with E-state index in [-0.39, 0.29) is 25.1 Å². The fraction of sp³-hybridized carbons (Fsp3) is 0.500. The molecule has 0 aromatic carbocycles. The predicted molar refractivity (Wildman–Crippen MR) is 300 cm³/mol. The second kappa shape index (κ2) is 41.8.